The van der Waals surface area contributed by atoms with Gasteiger partial charge in [0.15, 0.2) is 30.9 Å². The highest BCUT2D eigenvalue weighted by Gasteiger charge is 2.54. The van der Waals surface area contributed by atoms with Crippen molar-refractivity contribution in [2.75, 3.05) is 11.9 Å². The van der Waals surface area contributed by atoms with Gasteiger partial charge in [0.25, 0.3) is 0 Å². The van der Waals surface area contributed by atoms with Crippen molar-refractivity contribution in [3.63, 3.8) is 0 Å². The summed E-state index contributed by atoms with van der Waals surface area (Å²) in [7, 11) is -2.40. The number of benzene rings is 1. The highest BCUT2D eigenvalue weighted by Crippen LogP contribution is 2.45. The third-order valence-corrected chi connectivity index (χ3v) is 13.7. The summed E-state index contributed by atoms with van der Waals surface area (Å²) in [5, 5.41) is 2.57. The van der Waals surface area contributed by atoms with Crippen LogP contribution in [0.5, 0.6) is 0 Å². The number of carbonyl (C=O) groups is 2. The van der Waals surface area contributed by atoms with Crippen molar-refractivity contribution >= 4 is 37.2 Å². The fourth-order valence-corrected chi connectivity index (χ4v) is 6.69. The number of aromatic nitrogens is 4. The third kappa shape index (κ3) is 8.83. The van der Waals surface area contributed by atoms with E-state index in [4.69, 9.17) is 20.3 Å². The second-order valence-electron chi connectivity index (χ2n) is 13.7. The van der Waals surface area contributed by atoms with E-state index < -0.39 is 38.3 Å². The van der Waals surface area contributed by atoms with Crippen molar-refractivity contribution in [2.45, 2.75) is 122 Å². The summed E-state index contributed by atoms with van der Waals surface area (Å²) in [6, 6.07) is 8.61. The van der Waals surface area contributed by atoms with E-state index >= 15 is 0 Å². The Morgan fingerprint density at radius 2 is 1.81 bits per heavy atom. The number of unbranched alkanes of at least 4 members (excludes halogenated alkanes) is 6. The molecule has 1 aromatic carbocycles. The number of ether oxygens (including phenoxy) is 2. The summed E-state index contributed by atoms with van der Waals surface area (Å²) in [5.74, 6) is 1.92. The summed E-state index contributed by atoms with van der Waals surface area (Å²) in [6.45, 7) is 12.5. The number of imidazole rings is 1. The second kappa shape index (κ2) is 15.5. The zero-order valence-electron chi connectivity index (χ0n) is 28.5. The molecule has 3 heterocycles. The van der Waals surface area contributed by atoms with Crippen molar-refractivity contribution in [1.29, 1.82) is 0 Å². The van der Waals surface area contributed by atoms with Crippen molar-refractivity contribution in [3.8, 4) is 12.3 Å². The van der Waals surface area contributed by atoms with Crippen LogP contribution >= 0.6 is 0 Å². The lowest BCUT2D eigenvalue weighted by Gasteiger charge is -2.41. The number of amides is 1. The number of nitrogens with zero attached hydrogens (tertiary/aromatic N) is 4. The number of rotatable bonds is 15. The lowest BCUT2D eigenvalue weighted by molar-refractivity contribution is -0.116. The minimum atomic E-state index is -2.40. The predicted molar refractivity (Wildman–Crippen MR) is 182 cm³/mol. The molecular weight excluding hydrogens is 617 g/mol. The molecule has 0 aliphatic carbocycles. The number of esters is 1. The predicted octanol–water partition coefficient (Wildman–Crippen LogP) is 7.58. The molecule has 3 aromatic rings. The lowest BCUT2D eigenvalue weighted by Crippen LogP contribution is -2.52. The Labute approximate surface area is 278 Å². The summed E-state index contributed by atoms with van der Waals surface area (Å²) in [5.41, 5.74) is -0.710. The molecule has 1 N–H and O–H groups in total. The minimum absolute atomic E-state index is 0.00808. The second-order valence-corrected chi connectivity index (χ2v) is 18.5. The van der Waals surface area contributed by atoms with Gasteiger partial charge in [-0.05, 0) is 36.7 Å². The molecule has 3 atom stereocenters. The van der Waals surface area contributed by atoms with Gasteiger partial charge in [-0.1, -0.05) is 90.3 Å². The van der Waals surface area contributed by atoms with E-state index in [2.05, 4.69) is 67.0 Å². The summed E-state index contributed by atoms with van der Waals surface area (Å²) < 4.78 is 35.4. The molecule has 12 heteroatoms. The first kappa shape index (κ1) is 36.2. The largest absolute Gasteiger partial charge is 0.458 e. The normalized spacial score (nSPS) is 19.9. The summed E-state index contributed by atoms with van der Waals surface area (Å²) in [4.78, 5) is 37.9. The lowest BCUT2D eigenvalue weighted by atomic mass is 9.99. The molecular formula is C35H48FN5O5Si. The van der Waals surface area contributed by atoms with Crippen LogP contribution in [0.25, 0.3) is 11.2 Å². The Kier molecular flexibility index (Phi) is 11.9. The van der Waals surface area contributed by atoms with Crippen LogP contribution in [0.15, 0.2) is 36.7 Å². The molecule has 2 aromatic heterocycles. The van der Waals surface area contributed by atoms with Crippen LogP contribution in [0, 0.1) is 18.4 Å². The molecule has 4 rings (SSSR count). The number of hydrogen-bond donors (Lipinski definition) is 1. The molecule has 0 radical (unpaired) electrons. The van der Waals surface area contributed by atoms with Crippen molar-refractivity contribution in [2.24, 2.45) is 0 Å². The van der Waals surface area contributed by atoms with E-state index in [1.807, 2.05) is 6.07 Å². The van der Waals surface area contributed by atoms with Gasteiger partial charge in [-0.15, -0.1) is 6.42 Å². The molecule has 1 aliphatic rings. The van der Waals surface area contributed by atoms with E-state index in [9.17, 15) is 14.0 Å². The smallest absolute Gasteiger partial charge is 0.338 e. The van der Waals surface area contributed by atoms with E-state index in [-0.39, 0.29) is 41.0 Å². The van der Waals surface area contributed by atoms with Gasteiger partial charge in [0, 0.05) is 12.8 Å². The molecule has 47 heavy (non-hydrogen) atoms. The first-order valence-electron chi connectivity index (χ1n) is 16.6. The van der Waals surface area contributed by atoms with E-state index in [1.165, 1.54) is 25.6 Å². The van der Waals surface area contributed by atoms with Gasteiger partial charge in [0.2, 0.25) is 5.91 Å². The maximum absolute atomic E-state index is 14.8. The Balaban J connectivity index is 1.56. The monoisotopic (exact) mass is 665 g/mol. The standard InChI is InChI=1S/C35H48FN5O5Si/c1-8-10-11-12-13-14-18-21-27(42)38-30-29-31(40-33(36)39-30)41(24-37-29)28-22-26(46-47(6,7)34(3,4)5)35(9-2,45-28)23-44-32(43)25-19-16-15-17-20-25/h2,15-17,19-20,24,26,28H,8,10-14,18,21-23H2,1,3-7H3,(H,38,39,40,42)/t26?,28-,35-/m1/s1. The number of carbonyl (C=O) groups excluding carboxylic acids is 2. The average Bonchev–Trinajstić information content (AvgIpc) is 3.60. The number of fused-ring (bicyclic) bond motifs is 1. The summed E-state index contributed by atoms with van der Waals surface area (Å²) in [6.07, 6.45) is 13.2. The molecule has 254 valence electrons. The van der Waals surface area contributed by atoms with Crippen LogP contribution in [-0.2, 0) is 18.7 Å². The van der Waals surface area contributed by atoms with Gasteiger partial charge < -0.3 is 19.2 Å². The number of terminal acetylenes is 1. The first-order valence-corrected chi connectivity index (χ1v) is 19.5. The molecule has 1 unspecified atom stereocenters. The topological polar surface area (TPSA) is 117 Å². The van der Waals surface area contributed by atoms with Crippen LogP contribution < -0.4 is 5.32 Å². The van der Waals surface area contributed by atoms with Crippen molar-refractivity contribution in [1.82, 2.24) is 19.5 Å². The highest BCUT2D eigenvalue weighted by molar-refractivity contribution is 6.74. The Hall–Kier alpha value is -3.66. The number of hydrogen-bond acceptors (Lipinski definition) is 8. The van der Waals surface area contributed by atoms with E-state index in [1.54, 1.807) is 28.8 Å². The molecule has 1 amide bonds. The van der Waals surface area contributed by atoms with Crippen LogP contribution in [0.3, 0.4) is 0 Å². The van der Waals surface area contributed by atoms with Gasteiger partial charge >= 0.3 is 12.0 Å². The quantitative estimate of drug-likeness (QED) is 0.0581. The SMILES string of the molecule is C#C[C@]1(COC(=O)c2ccccc2)O[C@@H](n2cnc3c(NC(=O)CCCCCCCCC)nc(F)nc32)CC1O[Si](C)(C)C(C)(C)C. The van der Waals surface area contributed by atoms with Crippen LogP contribution in [0.4, 0.5) is 10.2 Å². The number of anilines is 1. The zero-order valence-corrected chi connectivity index (χ0v) is 29.5. The molecule has 1 aliphatic heterocycles. The van der Waals surface area contributed by atoms with Gasteiger partial charge in [-0.3, -0.25) is 9.36 Å². The average molecular weight is 666 g/mol. The third-order valence-electron chi connectivity index (χ3n) is 9.17. The van der Waals surface area contributed by atoms with Crippen LogP contribution in [0.1, 0.15) is 102 Å². The number of nitrogens with one attached hydrogen (secondary N) is 1. The number of halogens is 1. The minimum Gasteiger partial charge on any atom is -0.458 e. The summed E-state index contributed by atoms with van der Waals surface area (Å²) >= 11 is 0. The van der Waals surface area contributed by atoms with Crippen molar-refractivity contribution in [3.05, 3.63) is 48.3 Å². The molecule has 1 saturated heterocycles. The Morgan fingerprint density at radius 3 is 2.47 bits per heavy atom. The van der Waals surface area contributed by atoms with Gasteiger partial charge in [-0.2, -0.15) is 14.4 Å². The van der Waals surface area contributed by atoms with E-state index in [0.29, 0.717) is 12.0 Å². The highest BCUT2D eigenvalue weighted by atomic mass is 28.4. The van der Waals surface area contributed by atoms with Crippen LogP contribution in [0.2, 0.25) is 18.1 Å². The van der Waals surface area contributed by atoms with Crippen LogP contribution in [-0.4, -0.2) is 58.0 Å². The first-order chi connectivity index (χ1) is 22.3. The van der Waals surface area contributed by atoms with Crippen molar-refractivity contribution < 1.29 is 27.9 Å². The molecule has 0 spiro atoms. The fourth-order valence-electron chi connectivity index (χ4n) is 5.34. The maximum atomic E-state index is 14.8. The molecule has 10 nitrogen and oxygen atoms in total. The Bertz CT molecular complexity index is 1570. The zero-order chi connectivity index (χ0) is 34.2. The fraction of sp³-hybridized carbons (Fsp3) is 0.571. The molecule has 0 saturated carbocycles. The Morgan fingerprint density at radius 1 is 1.13 bits per heavy atom. The van der Waals surface area contributed by atoms with E-state index in [0.717, 1.165) is 25.7 Å². The van der Waals surface area contributed by atoms with Gasteiger partial charge in [0.05, 0.1) is 18.0 Å². The molecule has 1 fully saturated rings. The van der Waals surface area contributed by atoms with Gasteiger partial charge in [0.1, 0.15) is 12.8 Å². The molecule has 0 bridgehead atoms. The maximum Gasteiger partial charge on any atom is 0.338 e. The van der Waals surface area contributed by atoms with Gasteiger partial charge in [-0.25, -0.2) is 9.78 Å².